The van der Waals surface area contributed by atoms with Crippen molar-refractivity contribution in [3.8, 4) is 0 Å². The summed E-state index contributed by atoms with van der Waals surface area (Å²) < 4.78 is 2.10. The largest absolute Gasteiger partial charge is 0.361 e. The Morgan fingerprint density at radius 1 is 1.17 bits per heavy atom. The van der Waals surface area contributed by atoms with Gasteiger partial charge in [-0.05, 0) is 19.3 Å². The number of fused-ring (bicyclic) bond motifs is 1. The normalized spacial score (nSPS) is 11.1. The zero-order chi connectivity index (χ0) is 13.0. The second-order valence-corrected chi connectivity index (χ2v) is 4.62. The molecule has 18 heavy (non-hydrogen) atoms. The fourth-order valence-electron chi connectivity index (χ4n) is 1.99. The lowest BCUT2D eigenvalue weighted by Gasteiger charge is -2.10. The number of imidazole rings is 1. The SMILES string of the molecule is CN(C)c1ncnc2c1ncn2CCCCC[NH3+]. The molecule has 0 aromatic carbocycles. The molecule has 0 aliphatic rings. The Morgan fingerprint density at radius 2 is 2.00 bits per heavy atom. The van der Waals surface area contributed by atoms with Gasteiger partial charge in [0.25, 0.3) is 0 Å². The van der Waals surface area contributed by atoms with E-state index in [4.69, 9.17) is 0 Å². The summed E-state index contributed by atoms with van der Waals surface area (Å²) in [6.45, 7) is 1.97. The van der Waals surface area contributed by atoms with E-state index in [2.05, 4.69) is 25.3 Å². The first-order valence-corrected chi connectivity index (χ1v) is 6.36. The van der Waals surface area contributed by atoms with Gasteiger partial charge in [0.1, 0.15) is 6.33 Å². The van der Waals surface area contributed by atoms with Gasteiger partial charge in [-0.2, -0.15) is 0 Å². The number of unbranched alkanes of at least 4 members (excludes halogenated alkanes) is 2. The second kappa shape index (κ2) is 5.77. The predicted molar refractivity (Wildman–Crippen MR) is 71.3 cm³/mol. The van der Waals surface area contributed by atoms with E-state index in [1.807, 2.05) is 25.3 Å². The van der Waals surface area contributed by atoms with Crippen molar-refractivity contribution in [2.75, 3.05) is 25.5 Å². The molecule has 0 radical (unpaired) electrons. The minimum absolute atomic E-state index is 0.872. The van der Waals surface area contributed by atoms with Crippen LogP contribution in [0.25, 0.3) is 11.2 Å². The second-order valence-electron chi connectivity index (χ2n) is 4.62. The first-order chi connectivity index (χ1) is 8.74. The molecule has 0 saturated carbocycles. The highest BCUT2D eigenvalue weighted by molar-refractivity contribution is 5.82. The van der Waals surface area contributed by atoms with Crippen LogP contribution in [-0.4, -0.2) is 40.2 Å². The smallest absolute Gasteiger partial charge is 0.165 e. The van der Waals surface area contributed by atoms with E-state index in [1.54, 1.807) is 6.33 Å². The molecule has 2 heterocycles. The third-order valence-corrected chi connectivity index (χ3v) is 2.95. The van der Waals surface area contributed by atoms with Crippen molar-refractivity contribution in [3.05, 3.63) is 12.7 Å². The lowest BCUT2D eigenvalue weighted by molar-refractivity contribution is -0.368. The number of aryl methyl sites for hydroxylation is 1. The molecule has 2 aromatic heterocycles. The van der Waals surface area contributed by atoms with Crippen molar-refractivity contribution in [2.24, 2.45) is 0 Å². The van der Waals surface area contributed by atoms with Crippen molar-refractivity contribution in [2.45, 2.75) is 25.8 Å². The molecule has 6 nitrogen and oxygen atoms in total. The number of anilines is 1. The summed E-state index contributed by atoms with van der Waals surface area (Å²) in [5.41, 5.74) is 5.65. The third kappa shape index (κ3) is 2.59. The number of aromatic nitrogens is 4. The van der Waals surface area contributed by atoms with Gasteiger partial charge in [0, 0.05) is 20.6 Å². The first-order valence-electron chi connectivity index (χ1n) is 6.36. The van der Waals surface area contributed by atoms with Crippen LogP contribution in [-0.2, 0) is 6.54 Å². The molecule has 98 valence electrons. The number of rotatable bonds is 6. The van der Waals surface area contributed by atoms with Crippen LogP contribution in [0.1, 0.15) is 19.3 Å². The monoisotopic (exact) mass is 249 g/mol. The molecule has 2 aromatic rings. The van der Waals surface area contributed by atoms with Gasteiger partial charge in [0.2, 0.25) is 0 Å². The van der Waals surface area contributed by atoms with E-state index in [1.165, 1.54) is 12.8 Å². The van der Waals surface area contributed by atoms with Crippen LogP contribution >= 0.6 is 0 Å². The van der Waals surface area contributed by atoms with Crippen molar-refractivity contribution in [1.29, 1.82) is 0 Å². The highest BCUT2D eigenvalue weighted by Gasteiger charge is 2.10. The van der Waals surface area contributed by atoms with Crippen molar-refractivity contribution in [3.63, 3.8) is 0 Å². The molecule has 0 amide bonds. The van der Waals surface area contributed by atoms with Gasteiger partial charge >= 0.3 is 0 Å². The Labute approximate surface area is 107 Å². The quantitative estimate of drug-likeness (QED) is 0.747. The molecule has 0 saturated heterocycles. The number of hydrogen-bond donors (Lipinski definition) is 1. The maximum absolute atomic E-state index is 4.42. The summed E-state index contributed by atoms with van der Waals surface area (Å²) >= 11 is 0. The van der Waals surface area contributed by atoms with E-state index < -0.39 is 0 Å². The van der Waals surface area contributed by atoms with Gasteiger partial charge in [0.05, 0.1) is 12.9 Å². The van der Waals surface area contributed by atoms with E-state index in [9.17, 15) is 0 Å². The zero-order valence-electron chi connectivity index (χ0n) is 11.1. The molecule has 3 N–H and O–H groups in total. The Hall–Kier alpha value is -1.69. The average Bonchev–Trinajstić information content (AvgIpc) is 2.77. The van der Waals surface area contributed by atoms with E-state index in [0.29, 0.717) is 0 Å². The standard InChI is InChI=1S/C12H20N6/c1-17(2)11-10-12(15-8-14-11)18(9-16-10)7-5-3-4-6-13/h8-9H,3-7,13H2,1-2H3/p+1. The summed E-state index contributed by atoms with van der Waals surface area (Å²) in [5, 5.41) is 0. The summed E-state index contributed by atoms with van der Waals surface area (Å²) in [5.74, 6) is 0.872. The number of hydrogen-bond acceptors (Lipinski definition) is 4. The van der Waals surface area contributed by atoms with Crippen LogP contribution < -0.4 is 10.6 Å². The van der Waals surface area contributed by atoms with E-state index in [-0.39, 0.29) is 0 Å². The lowest BCUT2D eigenvalue weighted by Crippen LogP contribution is -2.50. The highest BCUT2D eigenvalue weighted by atomic mass is 15.2. The van der Waals surface area contributed by atoms with E-state index >= 15 is 0 Å². The van der Waals surface area contributed by atoms with Gasteiger partial charge in [-0.1, -0.05) is 0 Å². The Kier molecular flexibility index (Phi) is 4.09. The van der Waals surface area contributed by atoms with Gasteiger partial charge in [-0.3, -0.25) is 0 Å². The topological polar surface area (TPSA) is 74.5 Å². The molecule has 0 spiro atoms. The molecule has 0 fully saturated rings. The van der Waals surface area contributed by atoms with E-state index in [0.717, 1.165) is 36.5 Å². The fraction of sp³-hybridized carbons (Fsp3) is 0.583. The Balaban J connectivity index is 2.18. The Bertz CT molecular complexity index is 504. The van der Waals surface area contributed by atoms with Gasteiger partial charge in [0.15, 0.2) is 17.0 Å². The van der Waals surface area contributed by atoms with Crippen LogP contribution in [0.15, 0.2) is 12.7 Å². The number of quaternary nitrogens is 1. The fourth-order valence-corrected chi connectivity index (χ4v) is 1.99. The van der Waals surface area contributed by atoms with Gasteiger partial charge in [-0.15, -0.1) is 0 Å². The molecule has 2 rings (SSSR count). The summed E-state index contributed by atoms with van der Waals surface area (Å²) in [6, 6.07) is 0. The Morgan fingerprint density at radius 3 is 2.72 bits per heavy atom. The van der Waals surface area contributed by atoms with Gasteiger partial charge in [-0.25, -0.2) is 15.0 Å². The lowest BCUT2D eigenvalue weighted by atomic mass is 10.2. The summed E-state index contributed by atoms with van der Waals surface area (Å²) in [4.78, 5) is 15.0. The average molecular weight is 249 g/mol. The molecule has 0 aliphatic heterocycles. The zero-order valence-corrected chi connectivity index (χ0v) is 11.1. The molecular weight excluding hydrogens is 228 g/mol. The summed E-state index contributed by atoms with van der Waals surface area (Å²) in [7, 11) is 3.93. The molecule has 6 heteroatoms. The molecule has 0 unspecified atom stereocenters. The number of nitrogens with zero attached hydrogens (tertiary/aromatic N) is 5. The third-order valence-electron chi connectivity index (χ3n) is 2.95. The molecule has 0 aliphatic carbocycles. The molecule has 0 bridgehead atoms. The van der Waals surface area contributed by atoms with Crippen molar-refractivity contribution < 1.29 is 5.73 Å². The van der Waals surface area contributed by atoms with Crippen LogP contribution in [0.2, 0.25) is 0 Å². The minimum Gasteiger partial charge on any atom is -0.361 e. The molecular formula is C12H21N6+. The minimum atomic E-state index is 0.872. The van der Waals surface area contributed by atoms with Crippen LogP contribution in [0.4, 0.5) is 5.82 Å². The summed E-state index contributed by atoms with van der Waals surface area (Å²) in [6.07, 6.45) is 6.99. The van der Waals surface area contributed by atoms with Crippen LogP contribution in [0, 0.1) is 0 Å². The maximum atomic E-state index is 4.42. The van der Waals surface area contributed by atoms with Crippen LogP contribution in [0.5, 0.6) is 0 Å². The maximum Gasteiger partial charge on any atom is 0.165 e. The van der Waals surface area contributed by atoms with Crippen LogP contribution in [0.3, 0.4) is 0 Å². The first kappa shape index (κ1) is 12.8. The van der Waals surface area contributed by atoms with Crippen molar-refractivity contribution in [1.82, 2.24) is 19.5 Å². The highest BCUT2D eigenvalue weighted by Crippen LogP contribution is 2.19. The predicted octanol–water partition coefficient (Wildman–Crippen LogP) is 0.305. The van der Waals surface area contributed by atoms with Crippen molar-refractivity contribution >= 4 is 17.0 Å². The van der Waals surface area contributed by atoms with Gasteiger partial charge < -0.3 is 15.2 Å². The molecule has 0 atom stereocenters.